The van der Waals surface area contributed by atoms with Crippen molar-refractivity contribution in [3.63, 3.8) is 0 Å². The smallest absolute Gasteiger partial charge is 0.303 e. The molecule has 0 aromatic heterocycles. The summed E-state index contributed by atoms with van der Waals surface area (Å²) >= 11 is 0. The molecule has 0 unspecified atom stereocenters. The van der Waals surface area contributed by atoms with Gasteiger partial charge in [-0.05, 0) is 0 Å². The molecular formula is C3H12O5. The zero-order valence-corrected chi connectivity index (χ0v) is 4.56. The van der Waals surface area contributed by atoms with E-state index in [9.17, 15) is 4.79 Å². The lowest BCUT2D eigenvalue weighted by Gasteiger charge is -1.71. The van der Waals surface area contributed by atoms with Gasteiger partial charge in [0.25, 0.3) is 0 Å². The average molecular weight is 128 g/mol. The second-order valence-electron chi connectivity index (χ2n) is 0.747. The Morgan fingerprint density at radius 2 is 1.50 bits per heavy atom. The third-order valence-electron chi connectivity index (χ3n) is 0.302. The molecule has 0 aromatic rings. The Morgan fingerprint density at radius 3 is 1.50 bits per heavy atom. The summed E-state index contributed by atoms with van der Waals surface area (Å²) in [6, 6.07) is 0. The third kappa shape index (κ3) is 55.5. The van der Waals surface area contributed by atoms with Gasteiger partial charge in [-0.1, -0.05) is 6.92 Å². The van der Waals surface area contributed by atoms with Crippen LogP contribution in [0.2, 0.25) is 0 Å². The molecule has 0 heterocycles. The van der Waals surface area contributed by atoms with Crippen LogP contribution in [-0.2, 0) is 4.79 Å². The van der Waals surface area contributed by atoms with Crippen LogP contribution in [0.25, 0.3) is 0 Å². The lowest BCUT2D eigenvalue weighted by molar-refractivity contribution is -0.136. The van der Waals surface area contributed by atoms with Crippen LogP contribution >= 0.6 is 0 Å². The minimum atomic E-state index is -0.745. The standard InChI is InChI=1S/C3H6O2.3H2O/c1-2-3(4)5;;;/h2H2,1H3,(H,4,5);3*1H2. The first-order chi connectivity index (χ1) is 2.27. The van der Waals surface area contributed by atoms with Crippen molar-refractivity contribution in [2.75, 3.05) is 0 Å². The topological polar surface area (TPSA) is 132 Å². The number of rotatable bonds is 1. The molecule has 0 aliphatic rings. The Labute approximate surface area is 46.9 Å². The molecule has 0 saturated heterocycles. The van der Waals surface area contributed by atoms with Gasteiger partial charge in [-0.3, -0.25) is 4.79 Å². The van der Waals surface area contributed by atoms with Crippen molar-refractivity contribution in [2.45, 2.75) is 13.3 Å². The molecule has 0 aromatic carbocycles. The maximum atomic E-state index is 9.37. The van der Waals surface area contributed by atoms with Crippen LogP contribution in [0.1, 0.15) is 13.3 Å². The number of carboxylic acids is 1. The monoisotopic (exact) mass is 128 g/mol. The first kappa shape index (κ1) is 26.4. The predicted octanol–water partition coefficient (Wildman–Crippen LogP) is -1.99. The molecule has 7 N–H and O–H groups in total. The largest absolute Gasteiger partial charge is 0.481 e. The average Bonchev–Trinajstić information content (AvgIpc) is 1.38. The Morgan fingerprint density at radius 1 is 1.38 bits per heavy atom. The SMILES string of the molecule is CCC(=O)O.O.O.O. The van der Waals surface area contributed by atoms with Gasteiger partial charge < -0.3 is 21.5 Å². The molecule has 0 spiro atoms. The highest BCUT2D eigenvalue weighted by atomic mass is 16.4. The lowest BCUT2D eigenvalue weighted by Crippen LogP contribution is -1.86. The molecular weight excluding hydrogens is 116 g/mol. The van der Waals surface area contributed by atoms with Gasteiger partial charge in [-0.15, -0.1) is 0 Å². The highest BCUT2D eigenvalue weighted by Crippen LogP contribution is 1.67. The van der Waals surface area contributed by atoms with E-state index in [-0.39, 0.29) is 22.8 Å². The van der Waals surface area contributed by atoms with E-state index in [0.29, 0.717) is 0 Å². The summed E-state index contributed by atoms with van der Waals surface area (Å²) in [6.45, 7) is 1.60. The quantitative estimate of drug-likeness (QED) is 0.437. The minimum absolute atomic E-state index is 0. The van der Waals surface area contributed by atoms with Gasteiger partial charge in [-0.25, -0.2) is 0 Å². The first-order valence-electron chi connectivity index (χ1n) is 1.49. The maximum Gasteiger partial charge on any atom is 0.303 e. The Kier molecular flexibility index (Phi) is 53.5. The summed E-state index contributed by atoms with van der Waals surface area (Å²) in [6.07, 6.45) is 0.222. The molecule has 8 heavy (non-hydrogen) atoms. The Hall–Kier alpha value is -0.650. The van der Waals surface area contributed by atoms with E-state index in [1.165, 1.54) is 0 Å². The molecule has 0 amide bonds. The van der Waals surface area contributed by atoms with E-state index in [1.807, 2.05) is 0 Å². The van der Waals surface area contributed by atoms with E-state index in [4.69, 9.17) is 5.11 Å². The zero-order chi connectivity index (χ0) is 4.28. The molecule has 0 aliphatic carbocycles. The second kappa shape index (κ2) is 16.2. The normalized spacial score (nSPS) is 4.62. The predicted molar refractivity (Wildman–Crippen MR) is 28.8 cm³/mol. The van der Waals surface area contributed by atoms with E-state index < -0.39 is 5.97 Å². The highest BCUT2D eigenvalue weighted by Gasteiger charge is 1.80. The number of aliphatic carboxylic acids is 1. The molecule has 0 saturated carbocycles. The molecule has 0 radical (unpaired) electrons. The fraction of sp³-hybridized carbons (Fsp3) is 0.667. The number of carbonyl (C=O) groups is 1. The summed E-state index contributed by atoms with van der Waals surface area (Å²) in [7, 11) is 0. The second-order valence-corrected chi connectivity index (χ2v) is 0.747. The van der Waals surface area contributed by atoms with Crippen LogP contribution in [0.15, 0.2) is 0 Å². The molecule has 0 aliphatic heterocycles. The summed E-state index contributed by atoms with van der Waals surface area (Å²) in [5.74, 6) is -0.745. The maximum absolute atomic E-state index is 9.37. The number of hydrogen-bond acceptors (Lipinski definition) is 1. The van der Waals surface area contributed by atoms with Crippen molar-refractivity contribution < 1.29 is 26.3 Å². The zero-order valence-electron chi connectivity index (χ0n) is 4.56. The molecule has 0 bridgehead atoms. The Bertz CT molecular complexity index is 42.9. The molecule has 54 valence electrons. The highest BCUT2D eigenvalue weighted by molar-refractivity contribution is 5.66. The minimum Gasteiger partial charge on any atom is -0.481 e. The number of carboxylic acid groups (broad SMARTS) is 1. The van der Waals surface area contributed by atoms with Crippen LogP contribution < -0.4 is 0 Å². The first-order valence-corrected chi connectivity index (χ1v) is 1.49. The van der Waals surface area contributed by atoms with Crippen LogP contribution in [0.5, 0.6) is 0 Å². The van der Waals surface area contributed by atoms with Crippen LogP contribution in [0.3, 0.4) is 0 Å². The lowest BCUT2D eigenvalue weighted by atomic mass is 10.5. The van der Waals surface area contributed by atoms with E-state index in [1.54, 1.807) is 6.92 Å². The van der Waals surface area contributed by atoms with Crippen molar-refractivity contribution in [3.8, 4) is 0 Å². The summed E-state index contributed by atoms with van der Waals surface area (Å²) in [4.78, 5) is 9.37. The van der Waals surface area contributed by atoms with E-state index >= 15 is 0 Å². The van der Waals surface area contributed by atoms with Gasteiger partial charge in [0.15, 0.2) is 0 Å². The van der Waals surface area contributed by atoms with Crippen LogP contribution in [-0.4, -0.2) is 27.5 Å². The number of hydrogen-bond donors (Lipinski definition) is 1. The fourth-order valence-electron chi connectivity index (χ4n) is 0. The van der Waals surface area contributed by atoms with Gasteiger partial charge in [0, 0.05) is 6.42 Å². The van der Waals surface area contributed by atoms with Crippen molar-refractivity contribution >= 4 is 5.97 Å². The van der Waals surface area contributed by atoms with Gasteiger partial charge in [0.2, 0.25) is 0 Å². The van der Waals surface area contributed by atoms with Gasteiger partial charge in [0.1, 0.15) is 0 Å². The third-order valence-corrected chi connectivity index (χ3v) is 0.302. The van der Waals surface area contributed by atoms with Crippen molar-refractivity contribution in [3.05, 3.63) is 0 Å². The summed E-state index contributed by atoms with van der Waals surface area (Å²) in [5.41, 5.74) is 0. The van der Waals surface area contributed by atoms with Crippen molar-refractivity contribution in [1.29, 1.82) is 0 Å². The summed E-state index contributed by atoms with van der Waals surface area (Å²) < 4.78 is 0. The van der Waals surface area contributed by atoms with E-state index in [2.05, 4.69) is 0 Å². The molecule has 5 nitrogen and oxygen atoms in total. The molecule has 0 rings (SSSR count). The van der Waals surface area contributed by atoms with Crippen molar-refractivity contribution in [1.82, 2.24) is 0 Å². The van der Waals surface area contributed by atoms with Crippen LogP contribution in [0, 0.1) is 0 Å². The van der Waals surface area contributed by atoms with Gasteiger partial charge in [-0.2, -0.15) is 0 Å². The van der Waals surface area contributed by atoms with Crippen LogP contribution in [0.4, 0.5) is 0 Å². The van der Waals surface area contributed by atoms with Crippen molar-refractivity contribution in [2.24, 2.45) is 0 Å². The van der Waals surface area contributed by atoms with Gasteiger partial charge in [0.05, 0.1) is 0 Å². The van der Waals surface area contributed by atoms with E-state index in [0.717, 1.165) is 0 Å². The Balaban J connectivity index is -0.0000000267. The molecule has 0 fully saturated rings. The molecule has 0 atom stereocenters. The molecule has 5 heteroatoms. The van der Waals surface area contributed by atoms with Gasteiger partial charge >= 0.3 is 5.97 Å². The fourth-order valence-corrected chi connectivity index (χ4v) is 0. The summed E-state index contributed by atoms with van der Waals surface area (Å²) in [5, 5.41) is 7.72.